The third-order valence-electron chi connectivity index (χ3n) is 3.35. The van der Waals surface area contributed by atoms with E-state index < -0.39 is 5.97 Å². The van der Waals surface area contributed by atoms with Crippen LogP contribution in [0.1, 0.15) is 16.8 Å². The molecule has 8 heteroatoms. The van der Waals surface area contributed by atoms with Crippen LogP contribution >= 0.6 is 23.2 Å². The molecule has 114 valence electrons. The van der Waals surface area contributed by atoms with Crippen molar-refractivity contribution in [3.05, 3.63) is 28.0 Å². The van der Waals surface area contributed by atoms with Gasteiger partial charge in [-0.15, -0.1) is 0 Å². The zero-order valence-electron chi connectivity index (χ0n) is 11.3. The first kappa shape index (κ1) is 16.0. The Morgan fingerprint density at radius 3 is 2.52 bits per heavy atom. The topological polar surface area (TPSA) is 73.7 Å². The molecule has 1 aliphatic rings. The highest BCUT2D eigenvalue weighted by atomic mass is 35.5. The molecule has 21 heavy (non-hydrogen) atoms. The number of hydrogen-bond acceptors (Lipinski definition) is 4. The van der Waals surface area contributed by atoms with Gasteiger partial charge in [0.15, 0.2) is 0 Å². The fourth-order valence-electron chi connectivity index (χ4n) is 2.18. The smallest absolute Gasteiger partial charge is 0.304 e. The van der Waals surface area contributed by atoms with Crippen molar-refractivity contribution in [1.82, 2.24) is 14.8 Å². The van der Waals surface area contributed by atoms with Crippen LogP contribution in [0.15, 0.2) is 12.3 Å². The molecule has 1 N–H and O–H groups in total. The molecule has 0 radical (unpaired) electrons. The molecule has 1 fully saturated rings. The molecular formula is C13H15Cl2N3O3. The van der Waals surface area contributed by atoms with E-state index >= 15 is 0 Å². The Morgan fingerprint density at radius 2 is 1.90 bits per heavy atom. The second kappa shape index (κ2) is 7.06. The number of pyridine rings is 1. The van der Waals surface area contributed by atoms with Gasteiger partial charge >= 0.3 is 5.97 Å². The van der Waals surface area contributed by atoms with Gasteiger partial charge in [-0.2, -0.15) is 0 Å². The predicted molar refractivity (Wildman–Crippen MR) is 78.9 cm³/mol. The molecule has 2 heterocycles. The lowest BCUT2D eigenvalue weighted by molar-refractivity contribution is -0.137. The van der Waals surface area contributed by atoms with E-state index in [2.05, 4.69) is 4.98 Å². The molecule has 1 aromatic rings. The third kappa shape index (κ3) is 4.30. The van der Waals surface area contributed by atoms with Crippen molar-refractivity contribution in [1.29, 1.82) is 0 Å². The number of carbonyl (C=O) groups is 2. The van der Waals surface area contributed by atoms with Gasteiger partial charge in [0, 0.05) is 38.9 Å². The maximum absolute atomic E-state index is 12.4. The van der Waals surface area contributed by atoms with Gasteiger partial charge in [-0.1, -0.05) is 23.2 Å². The van der Waals surface area contributed by atoms with Crippen molar-refractivity contribution in [2.75, 3.05) is 32.7 Å². The average molecular weight is 332 g/mol. The summed E-state index contributed by atoms with van der Waals surface area (Å²) in [6.07, 6.45) is 1.47. The van der Waals surface area contributed by atoms with Crippen LogP contribution in [0.4, 0.5) is 0 Å². The Balaban J connectivity index is 1.94. The number of aromatic nitrogens is 1. The SMILES string of the molecule is O=C(O)CCN1CCN(C(=O)c2cc(Cl)ncc2Cl)CC1. The molecule has 0 bridgehead atoms. The van der Waals surface area contributed by atoms with E-state index in [9.17, 15) is 9.59 Å². The number of carboxylic acids is 1. The monoisotopic (exact) mass is 331 g/mol. The van der Waals surface area contributed by atoms with E-state index in [0.717, 1.165) is 0 Å². The highest BCUT2D eigenvalue weighted by Gasteiger charge is 2.24. The molecule has 1 saturated heterocycles. The molecule has 6 nitrogen and oxygen atoms in total. The van der Waals surface area contributed by atoms with Crippen LogP contribution in [-0.4, -0.2) is 64.5 Å². The van der Waals surface area contributed by atoms with Crippen molar-refractivity contribution < 1.29 is 14.7 Å². The Bertz CT molecular complexity index is 545. The van der Waals surface area contributed by atoms with Gasteiger partial charge in [0.1, 0.15) is 5.15 Å². The molecule has 0 aromatic carbocycles. The minimum atomic E-state index is -0.813. The van der Waals surface area contributed by atoms with E-state index in [1.54, 1.807) is 4.90 Å². The molecule has 0 aliphatic carbocycles. The Hall–Kier alpha value is -1.37. The first-order valence-corrected chi connectivity index (χ1v) is 7.27. The number of hydrogen-bond donors (Lipinski definition) is 1. The molecule has 1 amide bonds. The first-order chi connectivity index (χ1) is 9.97. The standard InChI is InChI=1S/C13H15Cl2N3O3/c14-10-8-16-11(15)7-9(10)13(21)18-5-3-17(4-6-18)2-1-12(19)20/h7-8H,1-6H2,(H,19,20). The van der Waals surface area contributed by atoms with Gasteiger partial charge < -0.3 is 10.0 Å². The van der Waals surface area contributed by atoms with Gasteiger partial charge in [-0.25, -0.2) is 4.98 Å². The lowest BCUT2D eigenvalue weighted by atomic mass is 10.2. The summed E-state index contributed by atoms with van der Waals surface area (Å²) in [5.74, 6) is -0.992. The number of piperazine rings is 1. The molecule has 1 aromatic heterocycles. The van der Waals surface area contributed by atoms with Crippen molar-refractivity contribution >= 4 is 35.1 Å². The summed E-state index contributed by atoms with van der Waals surface area (Å²) >= 11 is 11.8. The van der Waals surface area contributed by atoms with Crippen molar-refractivity contribution in [2.24, 2.45) is 0 Å². The lowest BCUT2D eigenvalue weighted by Gasteiger charge is -2.34. The van der Waals surface area contributed by atoms with Crippen LogP contribution in [0.5, 0.6) is 0 Å². The fraction of sp³-hybridized carbons (Fsp3) is 0.462. The zero-order chi connectivity index (χ0) is 15.4. The van der Waals surface area contributed by atoms with Crippen LogP contribution in [-0.2, 0) is 4.79 Å². The largest absolute Gasteiger partial charge is 0.481 e. The highest BCUT2D eigenvalue weighted by molar-refractivity contribution is 6.35. The zero-order valence-corrected chi connectivity index (χ0v) is 12.8. The summed E-state index contributed by atoms with van der Waals surface area (Å²) in [5.41, 5.74) is 0.343. The predicted octanol–water partition coefficient (Wildman–Crippen LogP) is 1.62. The van der Waals surface area contributed by atoms with E-state index in [0.29, 0.717) is 38.3 Å². The minimum absolute atomic E-state index is 0.111. The van der Waals surface area contributed by atoms with E-state index in [1.807, 2.05) is 4.90 Å². The molecule has 0 saturated carbocycles. The average Bonchev–Trinajstić information content (AvgIpc) is 2.47. The van der Waals surface area contributed by atoms with Crippen molar-refractivity contribution in [2.45, 2.75) is 6.42 Å². The quantitative estimate of drug-likeness (QED) is 0.848. The van der Waals surface area contributed by atoms with E-state index in [4.69, 9.17) is 28.3 Å². The molecule has 1 aliphatic heterocycles. The van der Waals surface area contributed by atoms with Crippen LogP contribution in [0, 0.1) is 0 Å². The third-order valence-corrected chi connectivity index (χ3v) is 3.86. The van der Waals surface area contributed by atoms with Gasteiger partial charge in [-0.3, -0.25) is 14.5 Å². The first-order valence-electron chi connectivity index (χ1n) is 6.52. The van der Waals surface area contributed by atoms with Gasteiger partial charge in [-0.05, 0) is 6.07 Å². The van der Waals surface area contributed by atoms with Crippen molar-refractivity contribution in [3.63, 3.8) is 0 Å². The van der Waals surface area contributed by atoms with Gasteiger partial charge in [0.2, 0.25) is 0 Å². The second-order valence-corrected chi connectivity index (χ2v) is 5.56. The highest BCUT2D eigenvalue weighted by Crippen LogP contribution is 2.20. The van der Waals surface area contributed by atoms with Crippen LogP contribution < -0.4 is 0 Å². The molecule has 0 spiro atoms. The number of aliphatic carboxylic acids is 1. The maximum atomic E-state index is 12.4. The van der Waals surface area contributed by atoms with Gasteiger partial charge in [0.25, 0.3) is 5.91 Å². The van der Waals surface area contributed by atoms with Crippen LogP contribution in [0.3, 0.4) is 0 Å². The number of halogens is 2. The van der Waals surface area contributed by atoms with Crippen LogP contribution in [0.25, 0.3) is 0 Å². The second-order valence-electron chi connectivity index (χ2n) is 4.76. The number of amides is 1. The molecule has 0 atom stereocenters. The fourth-order valence-corrected chi connectivity index (χ4v) is 2.52. The van der Waals surface area contributed by atoms with E-state index in [1.165, 1.54) is 12.3 Å². The minimum Gasteiger partial charge on any atom is -0.481 e. The summed E-state index contributed by atoms with van der Waals surface area (Å²) in [6.45, 7) is 2.87. The maximum Gasteiger partial charge on any atom is 0.304 e. The molecular weight excluding hydrogens is 317 g/mol. The van der Waals surface area contributed by atoms with Crippen LogP contribution in [0.2, 0.25) is 10.2 Å². The van der Waals surface area contributed by atoms with Gasteiger partial charge in [0.05, 0.1) is 17.0 Å². The van der Waals surface area contributed by atoms with Crippen molar-refractivity contribution in [3.8, 4) is 0 Å². The summed E-state index contributed by atoms with van der Waals surface area (Å²) < 4.78 is 0. The normalized spacial score (nSPS) is 16.0. The Morgan fingerprint density at radius 1 is 1.24 bits per heavy atom. The Labute approximate surface area is 132 Å². The summed E-state index contributed by atoms with van der Waals surface area (Å²) in [6, 6.07) is 1.46. The lowest BCUT2D eigenvalue weighted by Crippen LogP contribution is -2.49. The molecule has 0 unspecified atom stereocenters. The summed E-state index contributed by atoms with van der Waals surface area (Å²) in [5, 5.41) is 9.17. The van der Waals surface area contributed by atoms with E-state index in [-0.39, 0.29) is 22.5 Å². The summed E-state index contributed by atoms with van der Waals surface area (Å²) in [4.78, 5) is 30.5. The number of nitrogens with zero attached hydrogens (tertiary/aromatic N) is 3. The summed E-state index contributed by atoms with van der Waals surface area (Å²) in [7, 11) is 0. The number of rotatable bonds is 4. The molecule has 2 rings (SSSR count). The Kier molecular flexibility index (Phi) is 5.39. The number of carboxylic acid groups (broad SMARTS) is 1. The number of carbonyl (C=O) groups excluding carboxylic acids is 1.